The maximum absolute atomic E-state index is 12.4. The van der Waals surface area contributed by atoms with E-state index in [-0.39, 0.29) is 11.9 Å². The van der Waals surface area contributed by atoms with E-state index in [0.717, 1.165) is 17.5 Å². The van der Waals surface area contributed by atoms with Gasteiger partial charge in [-0.25, -0.2) is 9.59 Å². The van der Waals surface area contributed by atoms with Crippen LogP contribution in [0.4, 0.5) is 0 Å². The molecule has 0 fully saturated rings. The van der Waals surface area contributed by atoms with Gasteiger partial charge in [0.05, 0.1) is 24.3 Å². The van der Waals surface area contributed by atoms with Crippen LogP contribution in [0.25, 0.3) is 0 Å². The number of carbonyl (C=O) groups is 2. The van der Waals surface area contributed by atoms with Gasteiger partial charge in [0, 0.05) is 5.41 Å². The summed E-state index contributed by atoms with van der Waals surface area (Å²) in [5.74, 6) is -0.671. The van der Waals surface area contributed by atoms with Gasteiger partial charge >= 0.3 is 11.9 Å². The van der Waals surface area contributed by atoms with E-state index in [9.17, 15) is 9.59 Å². The van der Waals surface area contributed by atoms with E-state index in [2.05, 4.69) is 13.8 Å². The Bertz CT molecular complexity index is 781. The van der Waals surface area contributed by atoms with Crippen molar-refractivity contribution in [1.29, 1.82) is 0 Å². The lowest BCUT2D eigenvalue weighted by atomic mass is 9.72. The van der Waals surface area contributed by atoms with Crippen molar-refractivity contribution >= 4 is 11.9 Å². The van der Waals surface area contributed by atoms with Crippen molar-refractivity contribution in [1.82, 2.24) is 0 Å². The van der Waals surface area contributed by atoms with E-state index in [0.29, 0.717) is 24.3 Å². The molecule has 0 radical (unpaired) electrons. The molecule has 1 unspecified atom stereocenters. The van der Waals surface area contributed by atoms with Crippen molar-refractivity contribution in [2.75, 3.05) is 13.2 Å². The molecule has 0 aromatic heterocycles. The van der Waals surface area contributed by atoms with Gasteiger partial charge in [0.15, 0.2) is 0 Å². The highest BCUT2D eigenvalue weighted by Crippen LogP contribution is 2.37. The van der Waals surface area contributed by atoms with Crippen molar-refractivity contribution < 1.29 is 19.1 Å². The molecular weight excluding hydrogens is 328 g/mol. The first-order chi connectivity index (χ1) is 12.5. The summed E-state index contributed by atoms with van der Waals surface area (Å²) in [6.07, 6.45) is 0.760. The number of esters is 2. The SMILES string of the molecule is CCOC(=O)c1cccc(C(C)(CC)c2ccccc2C(=O)OCC)c1. The molecule has 0 aliphatic rings. The van der Waals surface area contributed by atoms with E-state index < -0.39 is 5.41 Å². The molecule has 0 amide bonds. The molecule has 0 saturated carbocycles. The molecule has 2 aromatic carbocycles. The van der Waals surface area contributed by atoms with E-state index in [4.69, 9.17) is 9.47 Å². The molecule has 0 spiro atoms. The standard InChI is InChI=1S/C22H26O4/c1-5-22(4,17-12-10-11-16(15-17)20(23)25-6-2)19-14-9-8-13-18(19)21(24)26-7-3/h8-15H,5-7H2,1-4H3. The average molecular weight is 354 g/mol. The Labute approximate surface area is 155 Å². The Kier molecular flexibility index (Phi) is 6.56. The molecule has 4 nitrogen and oxygen atoms in total. The third kappa shape index (κ3) is 3.96. The van der Waals surface area contributed by atoms with Crippen LogP contribution in [0.2, 0.25) is 0 Å². The molecule has 0 N–H and O–H groups in total. The molecule has 0 heterocycles. The minimum absolute atomic E-state index is 0.328. The fourth-order valence-corrected chi connectivity index (χ4v) is 3.11. The second-order valence-electron chi connectivity index (χ2n) is 6.25. The Balaban J connectivity index is 2.55. The van der Waals surface area contributed by atoms with E-state index in [1.54, 1.807) is 26.0 Å². The molecule has 26 heavy (non-hydrogen) atoms. The van der Waals surface area contributed by atoms with Crippen LogP contribution in [-0.2, 0) is 14.9 Å². The zero-order valence-corrected chi connectivity index (χ0v) is 15.9. The average Bonchev–Trinajstić information content (AvgIpc) is 2.68. The predicted molar refractivity (Wildman–Crippen MR) is 102 cm³/mol. The highest BCUT2D eigenvalue weighted by molar-refractivity contribution is 5.92. The van der Waals surface area contributed by atoms with Crippen LogP contribution < -0.4 is 0 Å². The number of carbonyl (C=O) groups excluding carboxylic acids is 2. The molecule has 2 rings (SSSR count). The predicted octanol–water partition coefficient (Wildman–Crippen LogP) is 4.76. The van der Waals surface area contributed by atoms with Gasteiger partial charge in [0.1, 0.15) is 0 Å². The molecule has 0 aliphatic carbocycles. The zero-order valence-electron chi connectivity index (χ0n) is 15.9. The summed E-state index contributed by atoms with van der Waals surface area (Å²) in [6.45, 7) is 8.39. The highest BCUT2D eigenvalue weighted by Gasteiger charge is 2.31. The van der Waals surface area contributed by atoms with Gasteiger partial charge < -0.3 is 9.47 Å². The summed E-state index contributed by atoms with van der Waals surface area (Å²) in [7, 11) is 0. The Hall–Kier alpha value is -2.62. The Morgan fingerprint density at radius 2 is 1.54 bits per heavy atom. The van der Waals surface area contributed by atoms with E-state index in [1.807, 2.05) is 36.4 Å². The lowest BCUT2D eigenvalue weighted by Crippen LogP contribution is -2.26. The number of benzene rings is 2. The maximum Gasteiger partial charge on any atom is 0.338 e. The summed E-state index contributed by atoms with van der Waals surface area (Å²) < 4.78 is 10.3. The summed E-state index contributed by atoms with van der Waals surface area (Å²) in [5.41, 5.74) is 2.48. The number of ether oxygens (including phenoxy) is 2. The summed E-state index contributed by atoms with van der Waals surface area (Å²) >= 11 is 0. The normalized spacial score (nSPS) is 12.9. The Morgan fingerprint density at radius 3 is 2.19 bits per heavy atom. The van der Waals surface area contributed by atoms with Gasteiger partial charge in [0.25, 0.3) is 0 Å². The van der Waals surface area contributed by atoms with Crippen molar-refractivity contribution in [2.45, 2.75) is 39.5 Å². The maximum atomic E-state index is 12.4. The monoisotopic (exact) mass is 354 g/mol. The largest absolute Gasteiger partial charge is 0.462 e. The first kappa shape index (κ1) is 19.7. The van der Waals surface area contributed by atoms with Gasteiger partial charge in [-0.2, -0.15) is 0 Å². The molecule has 0 bridgehead atoms. The molecule has 4 heteroatoms. The number of rotatable bonds is 7. The lowest BCUT2D eigenvalue weighted by molar-refractivity contribution is 0.0514. The molecule has 0 saturated heterocycles. The summed E-state index contributed by atoms with van der Waals surface area (Å²) in [6, 6.07) is 14.9. The quantitative estimate of drug-likeness (QED) is 0.673. The van der Waals surface area contributed by atoms with Crippen LogP contribution in [0.15, 0.2) is 48.5 Å². The highest BCUT2D eigenvalue weighted by atomic mass is 16.5. The molecule has 138 valence electrons. The van der Waals surface area contributed by atoms with E-state index in [1.165, 1.54) is 0 Å². The van der Waals surface area contributed by atoms with Crippen LogP contribution in [-0.4, -0.2) is 25.2 Å². The van der Waals surface area contributed by atoms with Crippen molar-refractivity contribution in [3.8, 4) is 0 Å². The zero-order chi connectivity index (χ0) is 19.2. The molecule has 1 atom stereocenters. The first-order valence-electron chi connectivity index (χ1n) is 9.02. The second-order valence-corrected chi connectivity index (χ2v) is 6.25. The van der Waals surface area contributed by atoms with Crippen LogP contribution in [0.1, 0.15) is 66.0 Å². The smallest absolute Gasteiger partial charge is 0.338 e. The number of hydrogen-bond donors (Lipinski definition) is 0. The fraction of sp³-hybridized carbons (Fsp3) is 0.364. The van der Waals surface area contributed by atoms with Crippen LogP contribution in [0.3, 0.4) is 0 Å². The Morgan fingerprint density at radius 1 is 0.885 bits per heavy atom. The van der Waals surface area contributed by atoms with Crippen molar-refractivity contribution in [3.63, 3.8) is 0 Å². The van der Waals surface area contributed by atoms with Gasteiger partial charge in [0.2, 0.25) is 0 Å². The third-order valence-corrected chi connectivity index (χ3v) is 4.73. The van der Waals surface area contributed by atoms with Gasteiger partial charge in [-0.3, -0.25) is 0 Å². The van der Waals surface area contributed by atoms with Crippen molar-refractivity contribution in [3.05, 3.63) is 70.8 Å². The minimum Gasteiger partial charge on any atom is -0.462 e. The number of hydrogen-bond acceptors (Lipinski definition) is 4. The third-order valence-electron chi connectivity index (χ3n) is 4.73. The summed E-state index contributed by atoms with van der Waals surface area (Å²) in [4.78, 5) is 24.5. The first-order valence-corrected chi connectivity index (χ1v) is 9.02. The van der Waals surface area contributed by atoms with Crippen LogP contribution in [0.5, 0.6) is 0 Å². The van der Waals surface area contributed by atoms with Gasteiger partial charge in [-0.05, 0) is 49.6 Å². The fourth-order valence-electron chi connectivity index (χ4n) is 3.11. The van der Waals surface area contributed by atoms with Crippen LogP contribution >= 0.6 is 0 Å². The molecule has 2 aromatic rings. The second kappa shape index (κ2) is 8.65. The van der Waals surface area contributed by atoms with Crippen LogP contribution in [0, 0.1) is 0 Å². The van der Waals surface area contributed by atoms with Gasteiger partial charge in [-0.15, -0.1) is 0 Å². The summed E-state index contributed by atoms with van der Waals surface area (Å²) in [5, 5.41) is 0. The van der Waals surface area contributed by atoms with E-state index >= 15 is 0 Å². The van der Waals surface area contributed by atoms with Crippen molar-refractivity contribution in [2.24, 2.45) is 0 Å². The molecule has 0 aliphatic heterocycles. The topological polar surface area (TPSA) is 52.6 Å². The molecular formula is C22H26O4. The lowest BCUT2D eigenvalue weighted by Gasteiger charge is -2.31. The minimum atomic E-state index is -0.439. The van der Waals surface area contributed by atoms with Gasteiger partial charge in [-0.1, -0.05) is 44.2 Å².